The molecule has 1 saturated carbocycles. The van der Waals surface area contributed by atoms with E-state index in [1.165, 1.54) is 18.2 Å². The predicted molar refractivity (Wildman–Crippen MR) is 124 cm³/mol. The van der Waals surface area contributed by atoms with Gasteiger partial charge in [0, 0.05) is 12.4 Å². The number of nitrogens with zero attached hydrogens (tertiary/aromatic N) is 6. The number of hydrogen-bond donors (Lipinski definition) is 1. The van der Waals surface area contributed by atoms with E-state index in [1.54, 1.807) is 43.1 Å². The van der Waals surface area contributed by atoms with Crippen LogP contribution in [0.2, 0.25) is 0 Å². The Bertz CT molecular complexity index is 1420. The van der Waals surface area contributed by atoms with Gasteiger partial charge in [-0.05, 0) is 81.3 Å². The molecule has 3 heterocycles. The van der Waals surface area contributed by atoms with Crippen molar-refractivity contribution >= 4 is 0 Å². The zero-order valence-electron chi connectivity index (χ0n) is 19.4. The van der Waals surface area contributed by atoms with E-state index in [0.717, 1.165) is 42.6 Å². The van der Waals surface area contributed by atoms with Gasteiger partial charge in [0.2, 0.25) is 0 Å². The Labute approximate surface area is 200 Å². The van der Waals surface area contributed by atoms with E-state index in [9.17, 15) is 13.9 Å². The molecule has 9 heteroatoms. The number of aromatic nitrogens is 6. The molecule has 178 valence electrons. The molecular weight excluding hydrogens is 450 g/mol. The van der Waals surface area contributed by atoms with Crippen LogP contribution in [0.25, 0.3) is 17.2 Å². The van der Waals surface area contributed by atoms with Gasteiger partial charge in [-0.25, -0.2) is 23.4 Å². The molecule has 4 aromatic rings. The molecule has 0 unspecified atom stereocenters. The SMILES string of the molecule is CC(C)(O)c1ccn(-c2nccc([C@]34CC[C@H](CC3)c3cc(-c5c(F)cccc5F)nnc34)n2)n1. The Morgan fingerprint density at radius 3 is 2.49 bits per heavy atom. The molecule has 7 rings (SSSR count). The number of fused-ring (bicyclic) bond motifs is 2. The fourth-order valence-electron chi connectivity index (χ4n) is 5.48. The summed E-state index contributed by atoms with van der Waals surface area (Å²) in [6.45, 7) is 3.35. The zero-order chi connectivity index (χ0) is 24.4. The third-order valence-corrected chi connectivity index (χ3v) is 7.33. The van der Waals surface area contributed by atoms with E-state index in [4.69, 9.17) is 4.98 Å². The molecule has 35 heavy (non-hydrogen) atoms. The largest absolute Gasteiger partial charge is 0.384 e. The smallest absolute Gasteiger partial charge is 0.250 e. The van der Waals surface area contributed by atoms with Crippen LogP contribution in [0, 0.1) is 11.6 Å². The summed E-state index contributed by atoms with van der Waals surface area (Å²) in [7, 11) is 0. The second kappa shape index (κ2) is 7.71. The van der Waals surface area contributed by atoms with Gasteiger partial charge in [0.05, 0.1) is 33.8 Å². The molecule has 0 amide bonds. The summed E-state index contributed by atoms with van der Waals surface area (Å²) in [6, 6.07) is 9.23. The third-order valence-electron chi connectivity index (χ3n) is 7.33. The summed E-state index contributed by atoms with van der Waals surface area (Å²) >= 11 is 0. The van der Waals surface area contributed by atoms with E-state index < -0.39 is 22.7 Å². The Morgan fingerprint density at radius 1 is 1.06 bits per heavy atom. The summed E-state index contributed by atoms with van der Waals surface area (Å²) in [5.74, 6) is -0.627. The quantitative estimate of drug-likeness (QED) is 0.466. The average Bonchev–Trinajstić information content (AvgIpc) is 3.36. The first kappa shape index (κ1) is 21.9. The topological polar surface area (TPSA) is 89.6 Å². The van der Waals surface area contributed by atoms with Crippen LogP contribution in [0.15, 0.2) is 48.8 Å². The molecule has 0 aliphatic heterocycles. The van der Waals surface area contributed by atoms with Crippen LogP contribution in [0.1, 0.15) is 68.1 Å². The van der Waals surface area contributed by atoms with Gasteiger partial charge in [-0.1, -0.05) is 6.07 Å². The van der Waals surface area contributed by atoms with E-state index in [0.29, 0.717) is 11.6 Å². The molecule has 7 nitrogen and oxygen atoms in total. The van der Waals surface area contributed by atoms with Gasteiger partial charge < -0.3 is 5.11 Å². The van der Waals surface area contributed by atoms with Crippen molar-refractivity contribution in [2.75, 3.05) is 0 Å². The highest BCUT2D eigenvalue weighted by Gasteiger charge is 2.48. The predicted octanol–water partition coefficient (Wildman–Crippen LogP) is 4.58. The second-order valence-corrected chi connectivity index (χ2v) is 9.93. The first-order valence-corrected chi connectivity index (χ1v) is 11.7. The molecule has 0 atom stereocenters. The Kier molecular flexibility index (Phi) is 4.83. The first-order chi connectivity index (χ1) is 16.8. The molecule has 3 aliphatic rings. The highest BCUT2D eigenvalue weighted by molar-refractivity contribution is 5.62. The van der Waals surface area contributed by atoms with Crippen LogP contribution < -0.4 is 0 Å². The summed E-state index contributed by atoms with van der Waals surface area (Å²) in [4.78, 5) is 9.25. The summed E-state index contributed by atoms with van der Waals surface area (Å²) in [5, 5.41) is 23.5. The van der Waals surface area contributed by atoms with Crippen LogP contribution in [0.5, 0.6) is 0 Å². The molecule has 2 bridgehead atoms. The Hall–Kier alpha value is -3.59. The van der Waals surface area contributed by atoms with Crippen LogP contribution in [0.3, 0.4) is 0 Å². The molecule has 1 N–H and O–H groups in total. The van der Waals surface area contributed by atoms with Gasteiger partial charge in [0.1, 0.15) is 17.2 Å². The van der Waals surface area contributed by atoms with Crippen molar-refractivity contribution in [1.82, 2.24) is 29.9 Å². The normalized spacial score (nSPS) is 21.2. The maximum atomic E-state index is 14.4. The number of hydrogen-bond acceptors (Lipinski definition) is 6. The first-order valence-electron chi connectivity index (χ1n) is 11.7. The summed E-state index contributed by atoms with van der Waals surface area (Å²) < 4.78 is 30.4. The van der Waals surface area contributed by atoms with Crippen LogP contribution in [-0.4, -0.2) is 35.1 Å². The highest BCUT2D eigenvalue weighted by Crippen LogP contribution is 2.55. The lowest BCUT2D eigenvalue weighted by Gasteiger charge is -2.46. The lowest BCUT2D eigenvalue weighted by molar-refractivity contribution is 0.0734. The van der Waals surface area contributed by atoms with E-state index in [1.807, 2.05) is 6.07 Å². The van der Waals surface area contributed by atoms with Crippen LogP contribution in [-0.2, 0) is 11.0 Å². The van der Waals surface area contributed by atoms with Crippen molar-refractivity contribution in [3.05, 3.63) is 83.1 Å². The van der Waals surface area contributed by atoms with Gasteiger partial charge in [0.15, 0.2) is 0 Å². The van der Waals surface area contributed by atoms with Gasteiger partial charge in [-0.2, -0.15) is 10.2 Å². The fourth-order valence-corrected chi connectivity index (χ4v) is 5.48. The molecule has 0 saturated heterocycles. The monoisotopic (exact) mass is 474 g/mol. The maximum Gasteiger partial charge on any atom is 0.250 e. The standard InChI is InChI=1S/C26H24F2N6O/c1-25(2,35)20-9-13-34(33-20)24-29-12-8-21(30-24)26-10-6-15(7-11-26)16-14-19(31-32-23(16)26)22-17(27)4-3-5-18(22)28/h3-5,8-9,12-15,35H,6-7,10-11H2,1-2H3/t15-,26+. The lowest BCUT2D eigenvalue weighted by atomic mass is 9.58. The summed E-state index contributed by atoms with van der Waals surface area (Å²) in [5.41, 5.74) is 1.68. The maximum absolute atomic E-state index is 14.4. The van der Waals surface area contributed by atoms with Crippen molar-refractivity contribution in [2.45, 2.75) is 56.5 Å². The number of aliphatic hydroxyl groups is 1. The number of halogens is 2. The molecule has 0 spiro atoms. The minimum Gasteiger partial charge on any atom is -0.384 e. The van der Waals surface area contributed by atoms with Crippen LogP contribution in [0.4, 0.5) is 8.78 Å². The molecule has 3 aromatic heterocycles. The van der Waals surface area contributed by atoms with E-state index in [-0.39, 0.29) is 17.2 Å². The second-order valence-electron chi connectivity index (χ2n) is 9.93. The van der Waals surface area contributed by atoms with Crippen molar-refractivity contribution in [1.29, 1.82) is 0 Å². The van der Waals surface area contributed by atoms with E-state index in [2.05, 4.69) is 20.3 Å². The van der Waals surface area contributed by atoms with Crippen molar-refractivity contribution in [3.8, 4) is 17.2 Å². The molecular formula is C26H24F2N6O. The van der Waals surface area contributed by atoms with Gasteiger partial charge >= 0.3 is 0 Å². The highest BCUT2D eigenvalue weighted by atomic mass is 19.1. The summed E-state index contributed by atoms with van der Waals surface area (Å²) in [6.07, 6.45) is 7.01. The van der Waals surface area contributed by atoms with Crippen LogP contribution >= 0.6 is 0 Å². The molecule has 0 radical (unpaired) electrons. The molecule has 1 fully saturated rings. The molecule has 3 aliphatic carbocycles. The van der Waals surface area contributed by atoms with Crippen molar-refractivity contribution < 1.29 is 13.9 Å². The Morgan fingerprint density at radius 2 is 1.80 bits per heavy atom. The van der Waals surface area contributed by atoms with Gasteiger partial charge in [-0.15, -0.1) is 5.10 Å². The fraction of sp³-hybridized carbons (Fsp3) is 0.346. The average molecular weight is 475 g/mol. The minimum atomic E-state index is -1.08. The zero-order valence-corrected chi connectivity index (χ0v) is 19.4. The Balaban J connectivity index is 1.44. The van der Waals surface area contributed by atoms with Gasteiger partial charge in [-0.3, -0.25) is 0 Å². The van der Waals surface area contributed by atoms with Crippen molar-refractivity contribution in [3.63, 3.8) is 0 Å². The van der Waals surface area contributed by atoms with E-state index >= 15 is 0 Å². The lowest BCUT2D eigenvalue weighted by Crippen LogP contribution is -2.41. The third kappa shape index (κ3) is 3.44. The van der Waals surface area contributed by atoms with Crippen molar-refractivity contribution in [2.24, 2.45) is 0 Å². The van der Waals surface area contributed by atoms with Gasteiger partial charge in [0.25, 0.3) is 5.95 Å². The minimum absolute atomic E-state index is 0.149. The number of benzene rings is 1. The number of rotatable bonds is 4. The molecule has 1 aromatic carbocycles.